The second-order valence-electron chi connectivity index (χ2n) is 4.42. The first-order valence-electron chi connectivity index (χ1n) is 6.43. The van der Waals surface area contributed by atoms with E-state index in [9.17, 15) is 0 Å². The molecule has 2 heteroatoms. The number of hydrogen-bond acceptors (Lipinski definition) is 2. The van der Waals surface area contributed by atoms with Gasteiger partial charge in [-0.25, -0.2) is 0 Å². The summed E-state index contributed by atoms with van der Waals surface area (Å²) in [4.78, 5) is 0. The van der Waals surface area contributed by atoms with E-state index in [2.05, 4.69) is 31.2 Å². The monoisotopic (exact) mass is 253 g/mol. The van der Waals surface area contributed by atoms with E-state index in [1.54, 1.807) is 0 Å². The van der Waals surface area contributed by atoms with Gasteiger partial charge < -0.3 is 10.5 Å². The Balaban J connectivity index is 1.97. The zero-order valence-corrected chi connectivity index (χ0v) is 11.2. The van der Waals surface area contributed by atoms with E-state index in [0.717, 1.165) is 5.75 Å². The van der Waals surface area contributed by atoms with Gasteiger partial charge in [-0.15, -0.1) is 0 Å². The van der Waals surface area contributed by atoms with Crippen LogP contribution in [-0.2, 0) is 6.61 Å². The lowest BCUT2D eigenvalue weighted by molar-refractivity contribution is 0.306. The lowest BCUT2D eigenvalue weighted by atomic mass is 10.1. The summed E-state index contributed by atoms with van der Waals surface area (Å²) in [5.41, 5.74) is 9.05. The van der Waals surface area contributed by atoms with Crippen molar-refractivity contribution in [3.63, 3.8) is 0 Å². The van der Waals surface area contributed by atoms with Gasteiger partial charge in [0.05, 0.1) is 0 Å². The van der Waals surface area contributed by atoms with E-state index in [0.29, 0.717) is 13.2 Å². The van der Waals surface area contributed by atoms with Crippen LogP contribution in [0, 0.1) is 0 Å². The molecule has 0 bridgehead atoms. The fraction of sp³-hybridized carbons (Fsp3) is 0.176. The van der Waals surface area contributed by atoms with Crippen LogP contribution < -0.4 is 10.5 Å². The number of allylic oxidation sites excluding steroid dienone is 1. The van der Waals surface area contributed by atoms with Gasteiger partial charge in [0, 0.05) is 6.54 Å². The van der Waals surface area contributed by atoms with Gasteiger partial charge in [-0.2, -0.15) is 0 Å². The number of benzene rings is 2. The van der Waals surface area contributed by atoms with Crippen molar-refractivity contribution < 1.29 is 4.74 Å². The minimum absolute atomic E-state index is 0.568. The fourth-order valence-electron chi connectivity index (χ4n) is 1.85. The van der Waals surface area contributed by atoms with Crippen molar-refractivity contribution in [1.82, 2.24) is 0 Å². The van der Waals surface area contributed by atoms with Crippen LogP contribution in [0.1, 0.15) is 18.1 Å². The Morgan fingerprint density at radius 3 is 2.37 bits per heavy atom. The highest BCUT2D eigenvalue weighted by molar-refractivity contribution is 5.64. The molecule has 0 heterocycles. The fourth-order valence-corrected chi connectivity index (χ4v) is 1.85. The molecule has 0 saturated heterocycles. The Hall–Kier alpha value is -2.06. The SMILES string of the molecule is CC(=CCN)c1ccc(OCc2ccccc2)cc1. The first kappa shape index (κ1) is 13.4. The van der Waals surface area contributed by atoms with Gasteiger partial charge in [-0.3, -0.25) is 0 Å². The number of ether oxygens (including phenoxy) is 1. The van der Waals surface area contributed by atoms with Crippen LogP contribution in [0.4, 0.5) is 0 Å². The van der Waals surface area contributed by atoms with Gasteiger partial charge in [-0.1, -0.05) is 48.5 Å². The van der Waals surface area contributed by atoms with E-state index in [1.165, 1.54) is 16.7 Å². The molecule has 0 spiro atoms. The number of hydrogen-bond donors (Lipinski definition) is 1. The molecule has 0 aliphatic rings. The van der Waals surface area contributed by atoms with Crippen LogP contribution in [0.25, 0.3) is 5.57 Å². The highest BCUT2D eigenvalue weighted by Gasteiger charge is 1.98. The third-order valence-corrected chi connectivity index (χ3v) is 2.98. The van der Waals surface area contributed by atoms with Crippen molar-refractivity contribution in [2.45, 2.75) is 13.5 Å². The third kappa shape index (κ3) is 3.97. The van der Waals surface area contributed by atoms with Crippen LogP contribution in [-0.4, -0.2) is 6.54 Å². The molecule has 0 radical (unpaired) electrons. The molecule has 0 fully saturated rings. The van der Waals surface area contributed by atoms with Crippen LogP contribution >= 0.6 is 0 Å². The zero-order valence-electron chi connectivity index (χ0n) is 11.2. The summed E-state index contributed by atoms with van der Waals surface area (Å²) in [6.45, 7) is 3.22. The van der Waals surface area contributed by atoms with Crippen LogP contribution in [0.2, 0.25) is 0 Å². The summed E-state index contributed by atoms with van der Waals surface area (Å²) in [6, 6.07) is 18.3. The van der Waals surface area contributed by atoms with Gasteiger partial charge in [0.1, 0.15) is 12.4 Å². The molecule has 2 rings (SSSR count). The summed E-state index contributed by atoms with van der Waals surface area (Å²) < 4.78 is 5.74. The van der Waals surface area contributed by atoms with Crippen LogP contribution in [0.3, 0.4) is 0 Å². The van der Waals surface area contributed by atoms with Crippen LogP contribution in [0.15, 0.2) is 60.7 Å². The Morgan fingerprint density at radius 2 is 1.74 bits per heavy atom. The molecule has 2 aromatic carbocycles. The topological polar surface area (TPSA) is 35.2 Å². The van der Waals surface area contributed by atoms with E-state index in [-0.39, 0.29) is 0 Å². The van der Waals surface area contributed by atoms with Gasteiger partial charge in [0.25, 0.3) is 0 Å². The molecule has 0 aromatic heterocycles. The zero-order chi connectivity index (χ0) is 13.5. The molecule has 2 nitrogen and oxygen atoms in total. The molecule has 98 valence electrons. The second kappa shape index (κ2) is 6.76. The van der Waals surface area contributed by atoms with Gasteiger partial charge in [0.2, 0.25) is 0 Å². The molecule has 2 N–H and O–H groups in total. The number of nitrogens with two attached hydrogens (primary N) is 1. The first-order valence-corrected chi connectivity index (χ1v) is 6.43. The minimum atomic E-state index is 0.568. The molecule has 0 amide bonds. The van der Waals surface area contributed by atoms with E-state index < -0.39 is 0 Å². The summed E-state index contributed by atoms with van der Waals surface area (Å²) >= 11 is 0. The van der Waals surface area contributed by atoms with Crippen molar-refractivity contribution in [2.24, 2.45) is 5.73 Å². The van der Waals surface area contributed by atoms with Gasteiger partial charge in [-0.05, 0) is 35.8 Å². The van der Waals surface area contributed by atoms with Gasteiger partial charge >= 0.3 is 0 Å². The predicted octanol–water partition coefficient (Wildman–Crippen LogP) is 3.63. The van der Waals surface area contributed by atoms with Crippen molar-refractivity contribution in [3.05, 3.63) is 71.8 Å². The summed E-state index contributed by atoms with van der Waals surface area (Å²) in [5, 5.41) is 0. The lowest BCUT2D eigenvalue weighted by Crippen LogP contribution is -1.96. The van der Waals surface area contributed by atoms with E-state index in [1.807, 2.05) is 36.4 Å². The quantitative estimate of drug-likeness (QED) is 0.883. The predicted molar refractivity (Wildman–Crippen MR) is 79.9 cm³/mol. The largest absolute Gasteiger partial charge is 0.489 e. The molecule has 2 aromatic rings. The molecule has 0 unspecified atom stereocenters. The maximum atomic E-state index is 5.74. The molecule has 0 saturated carbocycles. The number of rotatable bonds is 5. The van der Waals surface area contributed by atoms with E-state index >= 15 is 0 Å². The smallest absolute Gasteiger partial charge is 0.119 e. The summed E-state index contributed by atoms with van der Waals surface area (Å²) in [5.74, 6) is 0.883. The van der Waals surface area contributed by atoms with Crippen molar-refractivity contribution in [3.8, 4) is 5.75 Å². The van der Waals surface area contributed by atoms with E-state index in [4.69, 9.17) is 10.5 Å². The Morgan fingerprint density at radius 1 is 1.05 bits per heavy atom. The van der Waals surface area contributed by atoms with Crippen molar-refractivity contribution >= 4 is 5.57 Å². The Labute approximate surface area is 114 Å². The average molecular weight is 253 g/mol. The standard InChI is InChI=1S/C17H19NO/c1-14(11-12-18)16-7-9-17(10-8-16)19-13-15-5-3-2-4-6-15/h2-11H,12-13,18H2,1H3. The molecule has 0 aliphatic carbocycles. The van der Waals surface area contributed by atoms with Crippen molar-refractivity contribution in [2.75, 3.05) is 6.54 Å². The molecule has 19 heavy (non-hydrogen) atoms. The minimum Gasteiger partial charge on any atom is -0.489 e. The second-order valence-corrected chi connectivity index (χ2v) is 4.42. The molecular formula is C17H19NO. The van der Waals surface area contributed by atoms with Gasteiger partial charge in [0.15, 0.2) is 0 Å². The normalized spacial score (nSPS) is 11.4. The molecular weight excluding hydrogens is 234 g/mol. The highest BCUT2D eigenvalue weighted by atomic mass is 16.5. The first-order chi connectivity index (χ1) is 9.29. The summed E-state index contributed by atoms with van der Waals surface area (Å²) in [7, 11) is 0. The average Bonchev–Trinajstić information content (AvgIpc) is 2.47. The summed E-state index contributed by atoms with van der Waals surface area (Å²) in [6.07, 6.45) is 2.01. The lowest BCUT2D eigenvalue weighted by Gasteiger charge is -2.07. The molecule has 0 atom stereocenters. The van der Waals surface area contributed by atoms with Crippen LogP contribution in [0.5, 0.6) is 5.75 Å². The third-order valence-electron chi connectivity index (χ3n) is 2.98. The highest BCUT2D eigenvalue weighted by Crippen LogP contribution is 2.19. The maximum absolute atomic E-state index is 5.74. The Kier molecular flexibility index (Phi) is 4.76. The maximum Gasteiger partial charge on any atom is 0.119 e. The van der Waals surface area contributed by atoms with Crippen molar-refractivity contribution in [1.29, 1.82) is 0 Å². The molecule has 0 aliphatic heterocycles. The Bertz CT molecular complexity index is 529.